The van der Waals surface area contributed by atoms with Crippen LogP contribution in [0.15, 0.2) is 22.8 Å². The second-order valence-electron chi connectivity index (χ2n) is 4.36. The highest BCUT2D eigenvalue weighted by Crippen LogP contribution is 2.27. The average Bonchev–Trinajstić information content (AvgIpc) is 3.07. The zero-order valence-corrected chi connectivity index (χ0v) is 11.1. The minimum absolute atomic E-state index is 0.253. The van der Waals surface area contributed by atoms with Gasteiger partial charge in [0.25, 0.3) is 5.95 Å². The van der Waals surface area contributed by atoms with E-state index in [0.29, 0.717) is 17.5 Å². The van der Waals surface area contributed by atoms with Gasteiger partial charge in [0.1, 0.15) is 0 Å². The largest absolute Gasteiger partial charge is 0.338 e. The first-order valence-electron chi connectivity index (χ1n) is 5.77. The lowest BCUT2D eigenvalue weighted by atomic mass is 10.4. The van der Waals surface area contributed by atoms with Gasteiger partial charge < -0.3 is 5.32 Å². The standard InChI is InChI=1S/C11H12BrN5O/c12-8-3-4-9-14-10(16-17(9)6-8)15-11(18)13-5-7-1-2-7/h3-4,6-7H,1-2,5H2,(H2,13,15,16,18). The van der Waals surface area contributed by atoms with E-state index in [1.165, 1.54) is 12.8 Å². The Kier molecular flexibility index (Phi) is 2.91. The number of halogens is 1. The Hall–Kier alpha value is -1.63. The summed E-state index contributed by atoms with van der Waals surface area (Å²) in [6, 6.07) is 3.45. The minimum atomic E-state index is -0.253. The molecule has 94 valence electrons. The molecule has 2 aromatic heterocycles. The van der Waals surface area contributed by atoms with Crippen LogP contribution in [0.3, 0.4) is 0 Å². The zero-order valence-electron chi connectivity index (χ0n) is 9.56. The molecule has 6 nitrogen and oxygen atoms in total. The Bertz CT molecular complexity index is 592. The van der Waals surface area contributed by atoms with Crippen molar-refractivity contribution in [3.63, 3.8) is 0 Å². The number of rotatable bonds is 3. The molecule has 0 saturated heterocycles. The maximum Gasteiger partial charge on any atom is 0.321 e. The molecule has 0 aliphatic heterocycles. The van der Waals surface area contributed by atoms with Crippen LogP contribution in [0.4, 0.5) is 10.7 Å². The molecule has 2 N–H and O–H groups in total. The monoisotopic (exact) mass is 309 g/mol. The molecular formula is C11H12BrN5O. The fourth-order valence-electron chi connectivity index (χ4n) is 1.62. The van der Waals surface area contributed by atoms with Crippen molar-refractivity contribution in [3.8, 4) is 0 Å². The number of amides is 2. The number of pyridine rings is 1. The lowest BCUT2D eigenvalue weighted by Gasteiger charge is -2.02. The van der Waals surface area contributed by atoms with Gasteiger partial charge in [-0.05, 0) is 46.8 Å². The molecule has 1 aliphatic carbocycles. The molecule has 0 spiro atoms. The molecule has 2 amide bonds. The van der Waals surface area contributed by atoms with E-state index in [2.05, 4.69) is 36.6 Å². The van der Waals surface area contributed by atoms with Gasteiger partial charge in [-0.25, -0.2) is 9.31 Å². The molecule has 18 heavy (non-hydrogen) atoms. The van der Waals surface area contributed by atoms with Crippen LogP contribution in [0.1, 0.15) is 12.8 Å². The predicted octanol–water partition coefficient (Wildman–Crippen LogP) is 2.02. The maximum atomic E-state index is 11.6. The molecule has 1 fully saturated rings. The third kappa shape index (κ3) is 2.61. The van der Waals surface area contributed by atoms with Crippen molar-refractivity contribution >= 4 is 33.6 Å². The fraction of sp³-hybridized carbons (Fsp3) is 0.364. The van der Waals surface area contributed by atoms with Gasteiger partial charge >= 0.3 is 6.03 Å². The number of anilines is 1. The second-order valence-corrected chi connectivity index (χ2v) is 5.28. The van der Waals surface area contributed by atoms with E-state index in [1.807, 2.05) is 12.1 Å². The number of hydrogen-bond acceptors (Lipinski definition) is 3. The first-order chi connectivity index (χ1) is 8.70. The van der Waals surface area contributed by atoms with Crippen molar-refractivity contribution in [2.24, 2.45) is 5.92 Å². The van der Waals surface area contributed by atoms with Crippen molar-refractivity contribution in [1.29, 1.82) is 0 Å². The van der Waals surface area contributed by atoms with Gasteiger partial charge in [-0.3, -0.25) is 5.32 Å². The summed E-state index contributed by atoms with van der Waals surface area (Å²) in [7, 11) is 0. The van der Waals surface area contributed by atoms with Gasteiger partial charge in [-0.1, -0.05) is 0 Å². The Morgan fingerprint density at radius 3 is 3.11 bits per heavy atom. The fourth-order valence-corrected chi connectivity index (χ4v) is 1.94. The summed E-state index contributed by atoms with van der Waals surface area (Å²) < 4.78 is 2.52. The number of carbonyl (C=O) groups is 1. The minimum Gasteiger partial charge on any atom is -0.338 e. The van der Waals surface area contributed by atoms with Crippen LogP contribution >= 0.6 is 15.9 Å². The molecule has 0 bridgehead atoms. The molecule has 1 saturated carbocycles. The summed E-state index contributed by atoms with van der Waals surface area (Å²) in [5.41, 5.74) is 0.690. The molecule has 7 heteroatoms. The Balaban J connectivity index is 1.67. The predicted molar refractivity (Wildman–Crippen MR) is 70.4 cm³/mol. The second kappa shape index (κ2) is 4.56. The molecule has 2 heterocycles. The van der Waals surface area contributed by atoms with Crippen molar-refractivity contribution in [2.45, 2.75) is 12.8 Å². The van der Waals surface area contributed by atoms with Crippen molar-refractivity contribution in [1.82, 2.24) is 19.9 Å². The van der Waals surface area contributed by atoms with Crippen molar-refractivity contribution < 1.29 is 4.79 Å². The zero-order chi connectivity index (χ0) is 12.5. The van der Waals surface area contributed by atoms with E-state index in [1.54, 1.807) is 10.7 Å². The summed E-state index contributed by atoms with van der Waals surface area (Å²) in [6.07, 6.45) is 4.21. The van der Waals surface area contributed by atoms with E-state index in [4.69, 9.17) is 0 Å². The molecule has 0 atom stereocenters. The van der Waals surface area contributed by atoms with E-state index in [-0.39, 0.29) is 6.03 Å². The van der Waals surface area contributed by atoms with Gasteiger partial charge in [-0.15, -0.1) is 5.10 Å². The van der Waals surface area contributed by atoms with Crippen LogP contribution in [0.2, 0.25) is 0 Å². The lowest BCUT2D eigenvalue weighted by Crippen LogP contribution is -2.30. The molecule has 0 radical (unpaired) electrons. The Morgan fingerprint density at radius 1 is 1.50 bits per heavy atom. The van der Waals surface area contributed by atoms with Crippen LogP contribution in [0.25, 0.3) is 5.65 Å². The topological polar surface area (TPSA) is 71.3 Å². The van der Waals surface area contributed by atoms with Gasteiger partial charge in [-0.2, -0.15) is 4.98 Å². The van der Waals surface area contributed by atoms with Crippen LogP contribution in [0, 0.1) is 5.92 Å². The smallest absolute Gasteiger partial charge is 0.321 e. The number of hydrogen-bond donors (Lipinski definition) is 2. The molecule has 0 unspecified atom stereocenters. The highest BCUT2D eigenvalue weighted by Gasteiger charge is 2.21. The summed E-state index contributed by atoms with van der Waals surface area (Å²) in [6.45, 7) is 0.727. The summed E-state index contributed by atoms with van der Waals surface area (Å²) in [5.74, 6) is 0.960. The highest BCUT2D eigenvalue weighted by molar-refractivity contribution is 9.10. The van der Waals surface area contributed by atoms with Gasteiger partial charge in [0, 0.05) is 17.2 Å². The number of fused-ring (bicyclic) bond motifs is 1. The van der Waals surface area contributed by atoms with E-state index >= 15 is 0 Å². The van der Waals surface area contributed by atoms with Crippen LogP contribution in [-0.4, -0.2) is 27.2 Å². The normalized spacial score (nSPS) is 14.7. The van der Waals surface area contributed by atoms with Gasteiger partial charge in [0.2, 0.25) is 0 Å². The van der Waals surface area contributed by atoms with Crippen LogP contribution in [-0.2, 0) is 0 Å². The number of urea groups is 1. The van der Waals surface area contributed by atoms with E-state index < -0.39 is 0 Å². The van der Waals surface area contributed by atoms with Crippen molar-refractivity contribution in [2.75, 3.05) is 11.9 Å². The van der Waals surface area contributed by atoms with Crippen LogP contribution < -0.4 is 10.6 Å². The summed E-state index contributed by atoms with van der Waals surface area (Å²) >= 11 is 3.35. The third-order valence-electron chi connectivity index (χ3n) is 2.77. The summed E-state index contributed by atoms with van der Waals surface area (Å²) in [4.78, 5) is 15.8. The lowest BCUT2D eigenvalue weighted by molar-refractivity contribution is 0.251. The highest BCUT2D eigenvalue weighted by atomic mass is 79.9. The summed E-state index contributed by atoms with van der Waals surface area (Å²) in [5, 5.41) is 9.59. The quantitative estimate of drug-likeness (QED) is 0.911. The SMILES string of the molecule is O=C(NCC1CC1)Nc1nc2ccc(Br)cn2n1. The van der Waals surface area contributed by atoms with Gasteiger partial charge in [0.05, 0.1) is 0 Å². The molecule has 1 aliphatic rings. The van der Waals surface area contributed by atoms with E-state index in [9.17, 15) is 4.79 Å². The Morgan fingerprint density at radius 2 is 2.33 bits per heavy atom. The average molecular weight is 310 g/mol. The third-order valence-corrected chi connectivity index (χ3v) is 3.24. The first-order valence-corrected chi connectivity index (χ1v) is 6.57. The number of aromatic nitrogens is 3. The first kappa shape index (κ1) is 11.5. The number of nitrogens with zero attached hydrogens (tertiary/aromatic N) is 3. The molecule has 0 aromatic carbocycles. The van der Waals surface area contributed by atoms with Crippen LogP contribution in [0.5, 0.6) is 0 Å². The number of carbonyl (C=O) groups excluding carboxylic acids is 1. The van der Waals surface area contributed by atoms with Crippen molar-refractivity contribution in [3.05, 3.63) is 22.8 Å². The maximum absolute atomic E-state index is 11.6. The molecular weight excluding hydrogens is 298 g/mol. The Labute approximate surface area is 112 Å². The molecule has 2 aromatic rings. The van der Waals surface area contributed by atoms with Gasteiger partial charge in [0.15, 0.2) is 5.65 Å². The van der Waals surface area contributed by atoms with E-state index in [0.717, 1.165) is 11.0 Å². The number of nitrogens with one attached hydrogen (secondary N) is 2. The molecule has 3 rings (SSSR count).